The smallest absolute Gasteiger partial charge is 0.273 e. The summed E-state index contributed by atoms with van der Waals surface area (Å²) in [5.74, 6) is 0.0318. The Morgan fingerprint density at radius 3 is 2.43 bits per heavy atom. The molecule has 2 bridgehead atoms. The number of fused-ring (bicyclic) bond motifs is 3. The molecule has 2 fully saturated rings. The summed E-state index contributed by atoms with van der Waals surface area (Å²) < 4.78 is 25.8. The number of imide groups is 1. The molecule has 0 saturated heterocycles. The molecule has 2 aliphatic carbocycles. The lowest BCUT2D eigenvalue weighted by atomic mass is 9.75. The van der Waals surface area contributed by atoms with Gasteiger partial charge >= 0.3 is 0 Å². The van der Waals surface area contributed by atoms with Crippen molar-refractivity contribution < 1.29 is 18.0 Å². The zero-order valence-electron chi connectivity index (χ0n) is 13.1. The minimum absolute atomic E-state index is 0.0528. The molecule has 3 aliphatic rings. The summed E-state index contributed by atoms with van der Waals surface area (Å²) in [7, 11) is -4.05. The molecule has 5 atom stereocenters. The topological polar surface area (TPSA) is 71.5 Å². The second kappa shape index (κ2) is 4.66. The first-order chi connectivity index (χ1) is 10.8. The van der Waals surface area contributed by atoms with Gasteiger partial charge in [-0.3, -0.25) is 9.59 Å². The van der Waals surface area contributed by atoms with Crippen molar-refractivity contribution in [1.82, 2.24) is 4.31 Å². The van der Waals surface area contributed by atoms with Gasteiger partial charge in [0.25, 0.3) is 15.9 Å². The number of sulfonamides is 1. The van der Waals surface area contributed by atoms with E-state index in [2.05, 4.69) is 13.8 Å². The summed E-state index contributed by atoms with van der Waals surface area (Å²) in [5, 5.41) is 0. The highest BCUT2D eigenvalue weighted by molar-refractivity contribution is 7.90. The van der Waals surface area contributed by atoms with Crippen LogP contribution < -0.4 is 0 Å². The van der Waals surface area contributed by atoms with Gasteiger partial charge in [-0.15, -0.1) is 0 Å². The summed E-state index contributed by atoms with van der Waals surface area (Å²) in [6.45, 7) is 4.33. The van der Waals surface area contributed by atoms with Crippen molar-refractivity contribution in [2.45, 2.75) is 31.6 Å². The molecule has 122 valence electrons. The Morgan fingerprint density at radius 1 is 1.13 bits per heavy atom. The molecule has 23 heavy (non-hydrogen) atoms. The van der Waals surface area contributed by atoms with Gasteiger partial charge in [0.1, 0.15) is 4.90 Å². The highest BCUT2D eigenvalue weighted by Crippen LogP contribution is 2.55. The highest BCUT2D eigenvalue weighted by atomic mass is 32.2. The Morgan fingerprint density at radius 2 is 1.83 bits per heavy atom. The fraction of sp³-hybridized carbons (Fsp3) is 0.529. The first-order valence-corrected chi connectivity index (χ1v) is 9.50. The Labute approximate surface area is 135 Å². The molecule has 6 heteroatoms. The summed E-state index contributed by atoms with van der Waals surface area (Å²) >= 11 is 0. The molecule has 1 aliphatic heterocycles. The molecule has 4 rings (SSSR count). The quantitative estimate of drug-likeness (QED) is 0.739. The third-order valence-corrected chi connectivity index (χ3v) is 7.97. The maximum Gasteiger partial charge on any atom is 0.276 e. The standard InChI is InChI=1S/C17H19NO4S/c1-9-10(2)13-7-11(9)8-14(13)17(20)18-16(19)12-5-3-4-6-15(12)23(18,21)22/h3-6,9-11,13-14H,7-8H2,1-2H3. The third-order valence-electron chi connectivity index (χ3n) is 6.23. The van der Waals surface area contributed by atoms with E-state index in [-0.39, 0.29) is 22.3 Å². The van der Waals surface area contributed by atoms with Gasteiger partial charge in [0, 0.05) is 5.92 Å². The number of nitrogens with zero attached hydrogens (tertiary/aromatic N) is 1. The number of amides is 2. The van der Waals surface area contributed by atoms with Gasteiger partial charge in [0.2, 0.25) is 5.91 Å². The number of carbonyl (C=O) groups is 2. The molecular weight excluding hydrogens is 314 g/mol. The Balaban J connectivity index is 1.70. The predicted octanol–water partition coefficient (Wildman–Crippen LogP) is 2.29. The maximum absolute atomic E-state index is 12.9. The Bertz CT molecular complexity index is 814. The summed E-state index contributed by atoms with van der Waals surface area (Å²) in [6.07, 6.45) is 1.67. The van der Waals surface area contributed by atoms with Crippen LogP contribution in [0, 0.1) is 29.6 Å². The Hall–Kier alpha value is -1.69. The van der Waals surface area contributed by atoms with E-state index in [4.69, 9.17) is 0 Å². The molecular formula is C17H19NO4S. The summed E-state index contributed by atoms with van der Waals surface area (Å²) in [4.78, 5) is 25.3. The van der Waals surface area contributed by atoms with E-state index in [1.807, 2.05) is 0 Å². The molecule has 2 amide bonds. The van der Waals surface area contributed by atoms with Crippen LogP contribution in [0.15, 0.2) is 29.2 Å². The number of rotatable bonds is 1. The van der Waals surface area contributed by atoms with Crippen molar-refractivity contribution in [3.8, 4) is 0 Å². The molecule has 2 saturated carbocycles. The van der Waals surface area contributed by atoms with Crippen molar-refractivity contribution in [3.63, 3.8) is 0 Å². The molecule has 5 unspecified atom stereocenters. The van der Waals surface area contributed by atoms with E-state index >= 15 is 0 Å². The van der Waals surface area contributed by atoms with Crippen molar-refractivity contribution >= 4 is 21.8 Å². The van der Waals surface area contributed by atoms with Crippen molar-refractivity contribution in [3.05, 3.63) is 29.8 Å². The second-order valence-electron chi connectivity index (χ2n) is 7.13. The fourth-order valence-electron chi connectivity index (χ4n) is 4.78. The number of benzene rings is 1. The molecule has 0 spiro atoms. The fourth-order valence-corrected chi connectivity index (χ4v) is 6.35. The number of carbonyl (C=O) groups excluding carboxylic acids is 2. The van der Waals surface area contributed by atoms with Crippen LogP contribution in [0.4, 0.5) is 0 Å². The first-order valence-electron chi connectivity index (χ1n) is 8.06. The van der Waals surface area contributed by atoms with Gasteiger partial charge in [0.05, 0.1) is 5.56 Å². The van der Waals surface area contributed by atoms with Crippen LogP contribution in [0.3, 0.4) is 0 Å². The monoisotopic (exact) mass is 333 g/mol. The van der Waals surface area contributed by atoms with Gasteiger partial charge < -0.3 is 0 Å². The van der Waals surface area contributed by atoms with E-state index < -0.39 is 21.8 Å². The molecule has 0 radical (unpaired) electrons. The van der Waals surface area contributed by atoms with Crippen LogP contribution in [-0.2, 0) is 14.8 Å². The van der Waals surface area contributed by atoms with Crippen LogP contribution in [-0.4, -0.2) is 24.5 Å². The van der Waals surface area contributed by atoms with Gasteiger partial charge in [-0.25, -0.2) is 8.42 Å². The van der Waals surface area contributed by atoms with E-state index in [1.54, 1.807) is 12.1 Å². The van der Waals surface area contributed by atoms with Gasteiger partial charge in [-0.1, -0.05) is 26.0 Å². The number of hydrogen-bond acceptors (Lipinski definition) is 4. The Kier molecular flexibility index (Phi) is 3.01. The lowest BCUT2D eigenvalue weighted by Gasteiger charge is -2.32. The zero-order chi connectivity index (χ0) is 16.5. The van der Waals surface area contributed by atoms with Gasteiger partial charge in [-0.05, 0) is 48.6 Å². The van der Waals surface area contributed by atoms with Crippen molar-refractivity contribution in [1.29, 1.82) is 0 Å². The van der Waals surface area contributed by atoms with Crippen LogP contribution in [0.25, 0.3) is 0 Å². The van der Waals surface area contributed by atoms with E-state index in [0.717, 1.165) is 6.42 Å². The average molecular weight is 333 g/mol. The predicted molar refractivity (Wildman–Crippen MR) is 82.8 cm³/mol. The van der Waals surface area contributed by atoms with Gasteiger partial charge in [-0.2, -0.15) is 4.31 Å². The molecule has 1 heterocycles. The van der Waals surface area contributed by atoms with Crippen LogP contribution in [0.1, 0.15) is 37.0 Å². The van der Waals surface area contributed by atoms with Crippen molar-refractivity contribution in [2.75, 3.05) is 0 Å². The lowest BCUT2D eigenvalue weighted by Crippen LogP contribution is -2.43. The third kappa shape index (κ3) is 1.81. The summed E-state index contributed by atoms with van der Waals surface area (Å²) in [6, 6.07) is 6.04. The minimum atomic E-state index is -4.05. The van der Waals surface area contributed by atoms with E-state index in [0.29, 0.717) is 28.5 Å². The van der Waals surface area contributed by atoms with Crippen LogP contribution >= 0.6 is 0 Å². The van der Waals surface area contributed by atoms with Crippen molar-refractivity contribution in [2.24, 2.45) is 29.6 Å². The SMILES string of the molecule is CC1C2CC(C(=O)N3C(=O)c4ccccc4S3(=O)=O)C(C2)C1C. The molecule has 5 nitrogen and oxygen atoms in total. The van der Waals surface area contributed by atoms with Crippen LogP contribution in [0.5, 0.6) is 0 Å². The lowest BCUT2D eigenvalue weighted by molar-refractivity contribution is -0.131. The minimum Gasteiger partial charge on any atom is -0.273 e. The van der Waals surface area contributed by atoms with E-state index in [9.17, 15) is 18.0 Å². The van der Waals surface area contributed by atoms with Crippen LogP contribution in [0.2, 0.25) is 0 Å². The normalized spacial score (nSPS) is 37.2. The summed E-state index contributed by atoms with van der Waals surface area (Å²) in [5.41, 5.74) is 0.102. The maximum atomic E-state index is 12.9. The molecule has 1 aromatic carbocycles. The molecule has 1 aromatic rings. The zero-order valence-corrected chi connectivity index (χ0v) is 13.9. The second-order valence-corrected chi connectivity index (χ2v) is 8.88. The van der Waals surface area contributed by atoms with E-state index in [1.165, 1.54) is 12.1 Å². The average Bonchev–Trinajstić information content (AvgIpc) is 3.13. The molecule has 0 aromatic heterocycles. The highest BCUT2D eigenvalue weighted by Gasteiger charge is 2.55. The molecule has 0 N–H and O–H groups in total. The van der Waals surface area contributed by atoms with Gasteiger partial charge in [0.15, 0.2) is 0 Å². The first kappa shape index (κ1) is 14.9. The largest absolute Gasteiger partial charge is 0.276 e. The number of hydrogen-bond donors (Lipinski definition) is 0.